The molecule has 0 aromatic carbocycles. The Morgan fingerprint density at radius 2 is 2.30 bits per heavy atom. The molecule has 0 fully saturated rings. The van der Waals surface area contributed by atoms with E-state index in [1.165, 1.54) is 6.20 Å². The number of aliphatic hydroxyl groups is 1. The van der Waals surface area contributed by atoms with Gasteiger partial charge in [-0.1, -0.05) is 0 Å². The molecule has 10 heavy (non-hydrogen) atoms. The Bertz CT molecular complexity index is 213. The van der Waals surface area contributed by atoms with Gasteiger partial charge in [-0.05, 0) is 18.1 Å². The maximum atomic E-state index is 9.07. The zero-order valence-electron chi connectivity index (χ0n) is 5.49. The summed E-state index contributed by atoms with van der Waals surface area (Å²) in [4.78, 5) is 3.70. The summed E-state index contributed by atoms with van der Waals surface area (Å²) in [5.41, 5.74) is 0.734. The van der Waals surface area contributed by atoms with Gasteiger partial charge in [0.25, 0.3) is 0 Å². The third kappa shape index (κ3) is 1.45. The Hall–Kier alpha value is -1.09. The Morgan fingerprint density at radius 3 is 2.90 bits per heavy atom. The van der Waals surface area contributed by atoms with Crippen LogP contribution >= 0.6 is 0 Å². The molecule has 0 aliphatic carbocycles. The fourth-order valence-electron chi connectivity index (χ4n) is 0.747. The average Bonchev–Trinajstić information content (AvgIpc) is 1.94. The first-order chi connectivity index (χ1) is 4.84. The number of rotatable bonds is 2. The highest BCUT2D eigenvalue weighted by Gasteiger charge is 1.96. The smallest absolute Gasteiger partial charge is 0.137 e. The first-order valence-electron chi connectivity index (χ1n) is 3.07. The van der Waals surface area contributed by atoms with E-state index in [1.54, 1.807) is 12.3 Å². The summed E-state index contributed by atoms with van der Waals surface area (Å²) in [6.07, 6.45) is 3.43. The van der Waals surface area contributed by atoms with Gasteiger partial charge in [0.05, 0.1) is 6.20 Å². The van der Waals surface area contributed by atoms with Crippen molar-refractivity contribution in [3.8, 4) is 5.75 Å². The van der Waals surface area contributed by atoms with Crippen LogP contribution in [0.4, 0.5) is 0 Å². The molecule has 0 saturated carbocycles. The van der Waals surface area contributed by atoms with Crippen molar-refractivity contribution in [3.63, 3.8) is 0 Å². The van der Waals surface area contributed by atoms with E-state index in [1.807, 2.05) is 0 Å². The topological polar surface area (TPSA) is 53.4 Å². The summed E-state index contributed by atoms with van der Waals surface area (Å²) < 4.78 is 0. The molecule has 0 saturated heterocycles. The molecule has 3 nitrogen and oxygen atoms in total. The second-order valence-corrected chi connectivity index (χ2v) is 1.98. The summed E-state index contributed by atoms with van der Waals surface area (Å²) in [5, 5.41) is 17.6. The molecule has 1 heterocycles. The quantitative estimate of drug-likeness (QED) is 0.620. The van der Waals surface area contributed by atoms with Gasteiger partial charge in [-0.3, -0.25) is 4.98 Å². The van der Waals surface area contributed by atoms with Crippen LogP contribution in [-0.4, -0.2) is 21.8 Å². The van der Waals surface area contributed by atoms with Gasteiger partial charge in [0, 0.05) is 12.8 Å². The monoisotopic (exact) mass is 139 g/mol. The van der Waals surface area contributed by atoms with E-state index in [-0.39, 0.29) is 12.4 Å². The average molecular weight is 139 g/mol. The minimum Gasteiger partial charge on any atom is -0.506 e. The lowest BCUT2D eigenvalue weighted by atomic mass is 10.2. The molecule has 0 bridgehead atoms. The van der Waals surface area contributed by atoms with Crippen LogP contribution in [0.1, 0.15) is 5.56 Å². The molecular weight excluding hydrogens is 130 g/mol. The zero-order valence-corrected chi connectivity index (χ0v) is 5.49. The summed E-state index contributed by atoms with van der Waals surface area (Å²) >= 11 is 0. The highest BCUT2D eigenvalue weighted by atomic mass is 16.3. The molecule has 0 radical (unpaired) electrons. The van der Waals surface area contributed by atoms with E-state index in [0.717, 1.165) is 5.56 Å². The first kappa shape index (κ1) is 7.02. The van der Waals surface area contributed by atoms with Crippen molar-refractivity contribution in [3.05, 3.63) is 24.0 Å². The molecule has 0 unspecified atom stereocenters. The number of nitrogens with zero attached hydrogens (tertiary/aromatic N) is 1. The normalized spacial score (nSPS) is 9.70. The first-order valence-corrected chi connectivity index (χ1v) is 3.07. The number of aliphatic hydroxyl groups excluding tert-OH is 1. The lowest BCUT2D eigenvalue weighted by Gasteiger charge is -1.98. The Labute approximate surface area is 59.0 Å². The van der Waals surface area contributed by atoms with Gasteiger partial charge in [-0.15, -0.1) is 0 Å². The predicted molar refractivity (Wildman–Crippen MR) is 36.7 cm³/mol. The number of pyridine rings is 1. The molecule has 1 aromatic rings. The number of hydrogen-bond donors (Lipinski definition) is 2. The molecule has 3 heteroatoms. The van der Waals surface area contributed by atoms with Gasteiger partial charge in [0.2, 0.25) is 0 Å². The third-order valence-electron chi connectivity index (χ3n) is 1.27. The standard InChI is InChI=1S/C7H9NO2/c9-4-2-6-1-3-8-5-7(6)10/h1,3,5,9-10H,2,4H2. The maximum absolute atomic E-state index is 9.07. The van der Waals surface area contributed by atoms with E-state index in [0.29, 0.717) is 6.42 Å². The van der Waals surface area contributed by atoms with Gasteiger partial charge in [0.1, 0.15) is 5.75 Å². The molecule has 0 atom stereocenters. The van der Waals surface area contributed by atoms with Crippen LogP contribution in [0.2, 0.25) is 0 Å². The second kappa shape index (κ2) is 3.17. The fraction of sp³-hybridized carbons (Fsp3) is 0.286. The molecule has 2 N–H and O–H groups in total. The molecule has 1 rings (SSSR count). The van der Waals surface area contributed by atoms with Crippen LogP contribution in [-0.2, 0) is 6.42 Å². The molecule has 0 amide bonds. The fourth-order valence-corrected chi connectivity index (χ4v) is 0.747. The van der Waals surface area contributed by atoms with Crippen molar-refractivity contribution in [1.82, 2.24) is 4.98 Å². The van der Waals surface area contributed by atoms with E-state index in [9.17, 15) is 0 Å². The van der Waals surface area contributed by atoms with Crippen LogP contribution in [0.5, 0.6) is 5.75 Å². The molecule has 54 valence electrons. The second-order valence-electron chi connectivity index (χ2n) is 1.98. The number of hydrogen-bond acceptors (Lipinski definition) is 3. The van der Waals surface area contributed by atoms with Crippen LogP contribution < -0.4 is 0 Å². The summed E-state index contributed by atoms with van der Waals surface area (Å²) in [6, 6.07) is 1.69. The third-order valence-corrected chi connectivity index (χ3v) is 1.27. The van der Waals surface area contributed by atoms with Crippen LogP contribution in [0, 0.1) is 0 Å². The highest BCUT2D eigenvalue weighted by Crippen LogP contribution is 2.13. The highest BCUT2D eigenvalue weighted by molar-refractivity contribution is 5.27. The minimum absolute atomic E-state index is 0.0531. The molecule has 0 aliphatic rings. The van der Waals surface area contributed by atoms with E-state index >= 15 is 0 Å². The minimum atomic E-state index is 0.0531. The van der Waals surface area contributed by atoms with E-state index in [4.69, 9.17) is 10.2 Å². The van der Waals surface area contributed by atoms with Gasteiger partial charge >= 0.3 is 0 Å². The zero-order chi connectivity index (χ0) is 7.40. The largest absolute Gasteiger partial charge is 0.506 e. The van der Waals surface area contributed by atoms with Crippen molar-refractivity contribution >= 4 is 0 Å². The molecule has 0 spiro atoms. The van der Waals surface area contributed by atoms with Crippen molar-refractivity contribution in [2.45, 2.75) is 6.42 Å². The van der Waals surface area contributed by atoms with Crippen molar-refractivity contribution in [2.24, 2.45) is 0 Å². The van der Waals surface area contributed by atoms with Gasteiger partial charge in [-0.25, -0.2) is 0 Å². The molecule has 1 aromatic heterocycles. The lowest BCUT2D eigenvalue weighted by molar-refractivity contribution is 0.297. The predicted octanol–water partition coefficient (Wildman–Crippen LogP) is 0.322. The van der Waals surface area contributed by atoms with Crippen LogP contribution in [0.3, 0.4) is 0 Å². The van der Waals surface area contributed by atoms with Crippen LogP contribution in [0.15, 0.2) is 18.5 Å². The lowest BCUT2D eigenvalue weighted by Crippen LogP contribution is -1.90. The molecular formula is C7H9NO2. The Morgan fingerprint density at radius 1 is 1.50 bits per heavy atom. The number of aromatic hydroxyl groups is 1. The van der Waals surface area contributed by atoms with Crippen molar-refractivity contribution in [2.75, 3.05) is 6.61 Å². The Balaban J connectivity index is 2.81. The van der Waals surface area contributed by atoms with Gasteiger partial charge in [0.15, 0.2) is 0 Å². The van der Waals surface area contributed by atoms with Crippen molar-refractivity contribution < 1.29 is 10.2 Å². The Kier molecular flexibility index (Phi) is 2.23. The molecule has 0 aliphatic heterocycles. The van der Waals surface area contributed by atoms with Crippen LogP contribution in [0.25, 0.3) is 0 Å². The summed E-state index contributed by atoms with van der Waals surface area (Å²) in [7, 11) is 0. The maximum Gasteiger partial charge on any atom is 0.137 e. The SMILES string of the molecule is OCCc1ccncc1O. The van der Waals surface area contributed by atoms with Gasteiger partial charge < -0.3 is 10.2 Å². The van der Waals surface area contributed by atoms with E-state index < -0.39 is 0 Å². The van der Waals surface area contributed by atoms with E-state index in [2.05, 4.69) is 4.98 Å². The summed E-state index contributed by atoms with van der Waals surface area (Å²) in [6.45, 7) is 0.0531. The van der Waals surface area contributed by atoms with Gasteiger partial charge in [-0.2, -0.15) is 0 Å². The summed E-state index contributed by atoms with van der Waals surface area (Å²) in [5.74, 6) is 0.150. The number of aromatic nitrogens is 1. The van der Waals surface area contributed by atoms with Crippen molar-refractivity contribution in [1.29, 1.82) is 0 Å².